The lowest BCUT2D eigenvalue weighted by Gasteiger charge is -2.19. The summed E-state index contributed by atoms with van der Waals surface area (Å²) in [6, 6.07) is 6.79. The molecule has 1 heterocycles. The standard InChI is InChI=1S/C17H20N2O4/c1-10(2)22-17(21)13-8-6-7-9-14(13)19(5)16(20)15-11(3)18-12(4)23-15/h6-10H,1-5H3. The van der Waals surface area contributed by atoms with Crippen LogP contribution in [0.5, 0.6) is 0 Å². The second-order valence-corrected chi connectivity index (χ2v) is 5.48. The zero-order valence-electron chi connectivity index (χ0n) is 13.9. The Hall–Kier alpha value is -2.63. The second kappa shape index (κ2) is 6.64. The molecule has 0 spiro atoms. The summed E-state index contributed by atoms with van der Waals surface area (Å²) >= 11 is 0. The maximum Gasteiger partial charge on any atom is 0.340 e. The van der Waals surface area contributed by atoms with E-state index >= 15 is 0 Å². The monoisotopic (exact) mass is 316 g/mol. The van der Waals surface area contributed by atoms with Crippen LogP contribution in [0.2, 0.25) is 0 Å². The minimum atomic E-state index is -0.472. The highest BCUT2D eigenvalue weighted by atomic mass is 16.5. The number of benzene rings is 1. The molecule has 23 heavy (non-hydrogen) atoms. The van der Waals surface area contributed by atoms with Crippen LogP contribution >= 0.6 is 0 Å². The van der Waals surface area contributed by atoms with Gasteiger partial charge in [0.2, 0.25) is 5.76 Å². The highest BCUT2D eigenvalue weighted by Gasteiger charge is 2.25. The van der Waals surface area contributed by atoms with Crippen molar-refractivity contribution in [3.63, 3.8) is 0 Å². The first-order valence-corrected chi connectivity index (χ1v) is 7.33. The van der Waals surface area contributed by atoms with Gasteiger partial charge in [-0.2, -0.15) is 0 Å². The average molecular weight is 316 g/mol. The molecule has 0 unspecified atom stereocenters. The molecule has 122 valence electrons. The Morgan fingerprint density at radius 1 is 1.22 bits per heavy atom. The van der Waals surface area contributed by atoms with Crippen molar-refractivity contribution in [3.8, 4) is 0 Å². The molecule has 1 aromatic carbocycles. The first-order chi connectivity index (χ1) is 10.8. The van der Waals surface area contributed by atoms with Gasteiger partial charge in [0.05, 0.1) is 23.0 Å². The topological polar surface area (TPSA) is 72.6 Å². The number of rotatable bonds is 4. The van der Waals surface area contributed by atoms with Gasteiger partial charge >= 0.3 is 5.97 Å². The molecule has 1 amide bonds. The number of esters is 1. The van der Waals surface area contributed by atoms with Crippen LogP contribution in [0.1, 0.15) is 46.3 Å². The number of amides is 1. The molecule has 1 aromatic heterocycles. The van der Waals surface area contributed by atoms with Crippen molar-refractivity contribution < 1.29 is 18.7 Å². The lowest BCUT2D eigenvalue weighted by Crippen LogP contribution is -2.28. The molecule has 0 bridgehead atoms. The van der Waals surface area contributed by atoms with E-state index in [0.29, 0.717) is 22.8 Å². The van der Waals surface area contributed by atoms with Crippen molar-refractivity contribution in [2.45, 2.75) is 33.8 Å². The zero-order valence-corrected chi connectivity index (χ0v) is 13.9. The van der Waals surface area contributed by atoms with E-state index in [1.54, 1.807) is 59.0 Å². The van der Waals surface area contributed by atoms with Gasteiger partial charge in [-0.3, -0.25) is 4.79 Å². The fourth-order valence-corrected chi connectivity index (χ4v) is 2.21. The lowest BCUT2D eigenvalue weighted by atomic mass is 10.1. The zero-order chi connectivity index (χ0) is 17.1. The van der Waals surface area contributed by atoms with Crippen LogP contribution in [-0.4, -0.2) is 30.0 Å². The molecular weight excluding hydrogens is 296 g/mol. The quantitative estimate of drug-likeness (QED) is 0.810. The van der Waals surface area contributed by atoms with Gasteiger partial charge in [-0.15, -0.1) is 0 Å². The largest absolute Gasteiger partial charge is 0.459 e. The smallest absolute Gasteiger partial charge is 0.340 e. The average Bonchev–Trinajstić information content (AvgIpc) is 2.83. The van der Waals surface area contributed by atoms with Gasteiger partial charge in [-0.1, -0.05) is 12.1 Å². The van der Waals surface area contributed by atoms with Gasteiger partial charge in [0.15, 0.2) is 5.89 Å². The highest BCUT2D eigenvalue weighted by Crippen LogP contribution is 2.23. The molecule has 0 saturated heterocycles. The summed E-state index contributed by atoms with van der Waals surface area (Å²) in [4.78, 5) is 30.3. The van der Waals surface area contributed by atoms with Crippen molar-refractivity contribution in [3.05, 3.63) is 47.2 Å². The summed E-state index contributed by atoms with van der Waals surface area (Å²) in [5, 5.41) is 0. The molecule has 0 aliphatic rings. The molecule has 0 aliphatic carbocycles. The predicted octanol–water partition coefficient (Wildman–Crippen LogP) is 3.13. The molecule has 0 radical (unpaired) electrons. The van der Waals surface area contributed by atoms with Crippen LogP contribution in [0.15, 0.2) is 28.7 Å². The van der Waals surface area contributed by atoms with Gasteiger partial charge in [-0.25, -0.2) is 9.78 Å². The SMILES string of the molecule is Cc1nc(C)c(C(=O)N(C)c2ccccc2C(=O)OC(C)C)o1. The van der Waals surface area contributed by atoms with Gasteiger partial charge < -0.3 is 14.1 Å². The Kier molecular flexibility index (Phi) is 4.83. The van der Waals surface area contributed by atoms with Gasteiger partial charge in [-0.05, 0) is 32.9 Å². The van der Waals surface area contributed by atoms with Crippen molar-refractivity contribution in [2.75, 3.05) is 11.9 Å². The molecule has 0 atom stereocenters. The number of nitrogens with zero attached hydrogens (tertiary/aromatic N) is 2. The van der Waals surface area contributed by atoms with Crippen LogP contribution in [0.4, 0.5) is 5.69 Å². The third-order valence-corrected chi connectivity index (χ3v) is 3.23. The van der Waals surface area contributed by atoms with Crippen molar-refractivity contribution in [2.24, 2.45) is 0 Å². The van der Waals surface area contributed by atoms with Crippen LogP contribution in [-0.2, 0) is 4.74 Å². The third-order valence-electron chi connectivity index (χ3n) is 3.23. The van der Waals surface area contributed by atoms with E-state index in [-0.39, 0.29) is 17.8 Å². The van der Waals surface area contributed by atoms with E-state index in [9.17, 15) is 9.59 Å². The minimum Gasteiger partial charge on any atom is -0.459 e. The Bertz CT molecular complexity index is 734. The Morgan fingerprint density at radius 2 is 1.87 bits per heavy atom. The molecule has 0 aliphatic heterocycles. The van der Waals surface area contributed by atoms with E-state index < -0.39 is 5.97 Å². The van der Waals surface area contributed by atoms with Crippen LogP contribution in [0.3, 0.4) is 0 Å². The first-order valence-electron chi connectivity index (χ1n) is 7.33. The van der Waals surface area contributed by atoms with E-state index in [4.69, 9.17) is 9.15 Å². The summed E-state index contributed by atoms with van der Waals surface area (Å²) in [6.45, 7) is 6.93. The van der Waals surface area contributed by atoms with Gasteiger partial charge in [0.25, 0.3) is 5.91 Å². The normalized spacial score (nSPS) is 10.7. The number of oxazole rings is 1. The summed E-state index contributed by atoms with van der Waals surface area (Å²) in [6.07, 6.45) is -0.240. The molecule has 2 rings (SSSR count). The van der Waals surface area contributed by atoms with E-state index in [2.05, 4.69) is 4.98 Å². The van der Waals surface area contributed by atoms with Crippen LogP contribution < -0.4 is 4.90 Å². The summed E-state index contributed by atoms with van der Waals surface area (Å²) in [7, 11) is 1.58. The summed E-state index contributed by atoms with van der Waals surface area (Å²) in [5.74, 6) is -0.252. The maximum absolute atomic E-state index is 12.6. The van der Waals surface area contributed by atoms with Crippen molar-refractivity contribution in [1.82, 2.24) is 4.98 Å². The first kappa shape index (κ1) is 16.7. The number of hydrogen-bond acceptors (Lipinski definition) is 5. The molecule has 0 saturated carbocycles. The van der Waals surface area contributed by atoms with Gasteiger partial charge in [0, 0.05) is 14.0 Å². The third kappa shape index (κ3) is 3.59. The number of carbonyl (C=O) groups excluding carboxylic acids is 2. The number of hydrogen-bond donors (Lipinski definition) is 0. The lowest BCUT2D eigenvalue weighted by molar-refractivity contribution is 0.0379. The number of ether oxygens (including phenoxy) is 1. The molecule has 6 nitrogen and oxygen atoms in total. The molecule has 2 aromatic rings. The number of para-hydroxylation sites is 1. The maximum atomic E-state index is 12.6. The van der Waals surface area contributed by atoms with Crippen LogP contribution in [0.25, 0.3) is 0 Å². The Labute approximate surface area is 135 Å². The Balaban J connectivity index is 2.36. The Morgan fingerprint density at radius 3 is 2.43 bits per heavy atom. The second-order valence-electron chi connectivity index (χ2n) is 5.48. The fourth-order valence-electron chi connectivity index (χ4n) is 2.21. The van der Waals surface area contributed by atoms with Crippen molar-refractivity contribution >= 4 is 17.6 Å². The number of aryl methyl sites for hydroxylation is 2. The number of anilines is 1. The van der Waals surface area contributed by atoms with E-state index in [1.807, 2.05) is 0 Å². The van der Waals surface area contributed by atoms with E-state index in [0.717, 1.165) is 0 Å². The predicted molar refractivity (Wildman–Crippen MR) is 85.7 cm³/mol. The van der Waals surface area contributed by atoms with Gasteiger partial charge in [0.1, 0.15) is 0 Å². The fraction of sp³-hybridized carbons (Fsp3) is 0.353. The number of aromatic nitrogens is 1. The molecule has 0 fully saturated rings. The van der Waals surface area contributed by atoms with E-state index in [1.165, 1.54) is 4.90 Å². The number of carbonyl (C=O) groups is 2. The summed E-state index contributed by atoms with van der Waals surface area (Å²) < 4.78 is 10.6. The summed E-state index contributed by atoms with van der Waals surface area (Å²) in [5.41, 5.74) is 1.30. The highest BCUT2D eigenvalue weighted by molar-refractivity contribution is 6.08. The molecule has 6 heteroatoms. The minimum absolute atomic E-state index is 0.164. The molecular formula is C17H20N2O4. The molecule has 0 N–H and O–H groups in total. The van der Waals surface area contributed by atoms with Crippen molar-refractivity contribution in [1.29, 1.82) is 0 Å². The van der Waals surface area contributed by atoms with Crippen LogP contribution in [0, 0.1) is 13.8 Å².